The van der Waals surface area contributed by atoms with Crippen LogP contribution in [0.1, 0.15) is 42.2 Å². The normalized spacial score (nSPS) is 15.8. The summed E-state index contributed by atoms with van der Waals surface area (Å²) < 4.78 is 28.5. The highest BCUT2D eigenvalue weighted by Gasteiger charge is 2.40. The highest BCUT2D eigenvalue weighted by molar-refractivity contribution is 9.10. The molecule has 3 aromatic carbocycles. The van der Waals surface area contributed by atoms with Gasteiger partial charge in [-0.05, 0) is 60.0 Å². The first-order valence-electron chi connectivity index (χ1n) is 10.3. The molecule has 166 valence electrons. The summed E-state index contributed by atoms with van der Waals surface area (Å²) >= 11 is 3.40. The van der Waals surface area contributed by atoms with Gasteiger partial charge in [0.15, 0.2) is 0 Å². The third kappa shape index (κ3) is 3.84. The Labute approximate surface area is 196 Å². The second kappa shape index (κ2) is 8.19. The maximum Gasteiger partial charge on any atom is 0.261 e. The molecule has 0 saturated heterocycles. The van der Waals surface area contributed by atoms with Crippen molar-refractivity contribution in [1.82, 2.24) is 9.80 Å². The van der Waals surface area contributed by atoms with Gasteiger partial charge in [0.1, 0.15) is 11.6 Å². The van der Waals surface area contributed by atoms with E-state index < -0.39 is 29.5 Å². The van der Waals surface area contributed by atoms with E-state index in [0.29, 0.717) is 22.3 Å². The van der Waals surface area contributed by atoms with E-state index in [4.69, 9.17) is 0 Å². The van der Waals surface area contributed by atoms with E-state index in [1.807, 2.05) is 6.07 Å². The van der Waals surface area contributed by atoms with Gasteiger partial charge in [-0.15, -0.1) is 0 Å². The molecule has 5 nitrogen and oxygen atoms in total. The van der Waals surface area contributed by atoms with Crippen LogP contribution in [0, 0.1) is 11.6 Å². The number of hydrogen-bond acceptors (Lipinski definition) is 3. The summed E-state index contributed by atoms with van der Waals surface area (Å²) in [5, 5.41) is 0. The number of fused-ring (bicyclic) bond motifs is 2. The molecule has 1 atom stereocenters. The van der Waals surface area contributed by atoms with Crippen LogP contribution in [-0.2, 0) is 13.0 Å². The lowest BCUT2D eigenvalue weighted by molar-refractivity contribution is 0.0527. The van der Waals surface area contributed by atoms with Crippen LogP contribution in [0.25, 0.3) is 0 Å². The van der Waals surface area contributed by atoms with Crippen LogP contribution in [-0.4, -0.2) is 40.1 Å². The Morgan fingerprint density at radius 1 is 0.818 bits per heavy atom. The lowest BCUT2D eigenvalue weighted by Gasteiger charge is -2.31. The average Bonchev–Trinajstić information content (AvgIpc) is 3.21. The summed E-state index contributed by atoms with van der Waals surface area (Å²) in [6, 6.07) is 14.3. The van der Waals surface area contributed by atoms with Crippen LogP contribution in [0.5, 0.6) is 0 Å². The molecule has 2 heterocycles. The summed E-state index contributed by atoms with van der Waals surface area (Å²) in [5.41, 5.74) is 2.26. The van der Waals surface area contributed by atoms with Gasteiger partial charge in [-0.3, -0.25) is 19.3 Å². The molecule has 0 saturated carbocycles. The fraction of sp³-hybridized carbons (Fsp3) is 0.160. The third-order valence-corrected chi connectivity index (χ3v) is 6.50. The lowest BCUT2D eigenvalue weighted by atomic mass is 10.0. The Kier molecular flexibility index (Phi) is 5.32. The zero-order chi connectivity index (χ0) is 23.3. The van der Waals surface area contributed by atoms with Gasteiger partial charge in [0.2, 0.25) is 0 Å². The minimum atomic E-state index is -0.732. The summed E-state index contributed by atoms with van der Waals surface area (Å²) in [6.45, 7) is 0.171. The second-order valence-corrected chi connectivity index (χ2v) is 9.05. The molecule has 0 N–H and O–H groups in total. The first-order valence-corrected chi connectivity index (χ1v) is 11.1. The minimum Gasteiger partial charge on any atom is -0.329 e. The molecule has 33 heavy (non-hydrogen) atoms. The predicted octanol–water partition coefficient (Wildman–Crippen LogP) is 4.59. The Morgan fingerprint density at radius 2 is 1.45 bits per heavy atom. The first-order chi connectivity index (χ1) is 15.8. The highest BCUT2D eigenvalue weighted by Crippen LogP contribution is 2.30. The smallest absolute Gasteiger partial charge is 0.261 e. The van der Waals surface area contributed by atoms with E-state index in [0.717, 1.165) is 21.0 Å². The Morgan fingerprint density at radius 3 is 2.09 bits per heavy atom. The van der Waals surface area contributed by atoms with Gasteiger partial charge < -0.3 is 4.90 Å². The number of benzene rings is 3. The molecule has 0 radical (unpaired) electrons. The predicted molar refractivity (Wildman–Crippen MR) is 120 cm³/mol. The molecule has 0 bridgehead atoms. The van der Waals surface area contributed by atoms with Crippen molar-refractivity contribution >= 4 is 33.7 Å². The van der Waals surface area contributed by atoms with Crippen molar-refractivity contribution in [2.75, 3.05) is 6.54 Å². The van der Waals surface area contributed by atoms with Crippen LogP contribution in [0.2, 0.25) is 0 Å². The van der Waals surface area contributed by atoms with Gasteiger partial charge in [-0.1, -0.05) is 28.1 Å². The molecule has 0 fully saturated rings. The Hall–Kier alpha value is -3.39. The monoisotopic (exact) mass is 510 g/mol. The molecule has 8 heteroatoms. The molecule has 3 amide bonds. The van der Waals surface area contributed by atoms with Crippen molar-refractivity contribution < 1.29 is 23.2 Å². The van der Waals surface area contributed by atoms with Crippen molar-refractivity contribution in [3.05, 3.63) is 105 Å². The second-order valence-electron chi connectivity index (χ2n) is 8.14. The van der Waals surface area contributed by atoms with E-state index in [1.54, 1.807) is 41.3 Å². The zero-order valence-corrected chi connectivity index (χ0v) is 18.8. The van der Waals surface area contributed by atoms with Crippen molar-refractivity contribution in [2.24, 2.45) is 0 Å². The molecule has 0 aliphatic carbocycles. The summed E-state index contributed by atoms with van der Waals surface area (Å²) in [5.74, 6) is -2.61. The fourth-order valence-electron chi connectivity index (χ4n) is 4.50. The van der Waals surface area contributed by atoms with Crippen LogP contribution in [0.15, 0.2) is 65.1 Å². The van der Waals surface area contributed by atoms with Gasteiger partial charge in [-0.25, -0.2) is 8.78 Å². The van der Waals surface area contributed by atoms with E-state index >= 15 is 0 Å². The maximum atomic E-state index is 13.9. The molecule has 2 aliphatic rings. The van der Waals surface area contributed by atoms with Crippen molar-refractivity contribution in [3.63, 3.8) is 0 Å². The number of amides is 3. The van der Waals surface area contributed by atoms with E-state index in [1.165, 1.54) is 12.1 Å². The molecule has 2 aliphatic heterocycles. The summed E-state index contributed by atoms with van der Waals surface area (Å²) in [6.07, 6.45) is 0.0724. The van der Waals surface area contributed by atoms with Crippen molar-refractivity contribution in [2.45, 2.75) is 19.0 Å². The minimum absolute atomic E-state index is 0.0724. The largest absolute Gasteiger partial charge is 0.329 e. The average molecular weight is 511 g/mol. The topological polar surface area (TPSA) is 57.7 Å². The van der Waals surface area contributed by atoms with Crippen LogP contribution in [0.3, 0.4) is 0 Å². The number of imide groups is 1. The standard InChI is InChI=1S/C25H17BrF2N2O3/c26-16-5-6-20-15(10-16)12-29(23(20)31)19(9-14-7-17(27)11-18(28)8-14)13-30-24(32)21-3-1-2-4-22(21)25(30)33/h1-8,10-11,19H,9,12-13H2. The maximum absolute atomic E-state index is 13.9. The van der Waals surface area contributed by atoms with Gasteiger partial charge in [-0.2, -0.15) is 0 Å². The number of rotatable bonds is 5. The van der Waals surface area contributed by atoms with Gasteiger partial charge in [0.05, 0.1) is 23.7 Å². The molecule has 5 rings (SSSR count). The summed E-state index contributed by atoms with van der Waals surface area (Å²) in [4.78, 5) is 41.7. The molecule has 0 aromatic heterocycles. The van der Waals surface area contributed by atoms with Crippen LogP contribution >= 0.6 is 15.9 Å². The van der Waals surface area contributed by atoms with Gasteiger partial charge >= 0.3 is 0 Å². The number of carbonyl (C=O) groups is 3. The number of nitrogens with zero attached hydrogens (tertiary/aromatic N) is 2. The molecule has 1 unspecified atom stereocenters. The fourth-order valence-corrected chi connectivity index (χ4v) is 4.91. The Bertz CT molecular complexity index is 1270. The van der Waals surface area contributed by atoms with E-state index in [9.17, 15) is 23.2 Å². The van der Waals surface area contributed by atoms with Gasteiger partial charge in [0.25, 0.3) is 17.7 Å². The van der Waals surface area contributed by atoms with E-state index in [-0.39, 0.29) is 25.4 Å². The third-order valence-electron chi connectivity index (χ3n) is 6.01. The SMILES string of the molecule is O=C1c2ccccc2C(=O)N1CC(Cc1cc(F)cc(F)c1)N1Cc2cc(Br)ccc2C1=O. The zero-order valence-electron chi connectivity index (χ0n) is 17.2. The van der Waals surface area contributed by atoms with Gasteiger partial charge in [0, 0.05) is 22.6 Å². The van der Waals surface area contributed by atoms with Crippen molar-refractivity contribution in [1.29, 1.82) is 0 Å². The first kappa shape index (κ1) is 21.5. The van der Waals surface area contributed by atoms with Crippen LogP contribution in [0.4, 0.5) is 8.78 Å². The number of carbonyl (C=O) groups excluding carboxylic acids is 3. The van der Waals surface area contributed by atoms with Crippen molar-refractivity contribution in [3.8, 4) is 0 Å². The lowest BCUT2D eigenvalue weighted by Crippen LogP contribution is -2.47. The molecule has 3 aromatic rings. The molecular weight excluding hydrogens is 494 g/mol. The molecule has 0 spiro atoms. The molecular formula is C25H17BrF2N2O3. The van der Waals surface area contributed by atoms with Crippen LogP contribution < -0.4 is 0 Å². The quantitative estimate of drug-likeness (QED) is 0.471. The Balaban J connectivity index is 1.49. The van der Waals surface area contributed by atoms with E-state index in [2.05, 4.69) is 15.9 Å². The number of hydrogen-bond donors (Lipinski definition) is 0. The number of halogens is 3. The highest BCUT2D eigenvalue weighted by atomic mass is 79.9. The summed E-state index contributed by atoms with van der Waals surface area (Å²) in [7, 11) is 0.